The number of nitrogens with one attached hydrogen (secondary N) is 1. The Morgan fingerprint density at radius 1 is 1.25 bits per heavy atom. The van der Waals surface area contributed by atoms with Crippen LogP contribution >= 0.6 is 11.3 Å². The van der Waals surface area contributed by atoms with Gasteiger partial charge in [-0.25, -0.2) is 22.9 Å². The second kappa shape index (κ2) is 11.6. The van der Waals surface area contributed by atoms with Crippen molar-refractivity contribution in [2.45, 2.75) is 64.1 Å². The molecule has 4 heterocycles. The van der Waals surface area contributed by atoms with Crippen molar-refractivity contribution in [1.82, 2.24) is 20.1 Å². The van der Waals surface area contributed by atoms with Gasteiger partial charge in [0.2, 0.25) is 0 Å². The van der Waals surface area contributed by atoms with E-state index in [1.807, 2.05) is 4.90 Å². The topological polar surface area (TPSA) is 107 Å². The van der Waals surface area contributed by atoms with Gasteiger partial charge in [0, 0.05) is 43.0 Å². The Bertz CT molecular complexity index is 1510. The highest BCUT2D eigenvalue weighted by Gasteiger charge is 2.60. The third-order valence-electron chi connectivity index (χ3n) is 9.49. The van der Waals surface area contributed by atoms with Crippen molar-refractivity contribution in [2.75, 3.05) is 32.8 Å². The lowest BCUT2D eigenvalue weighted by atomic mass is 9.63. The van der Waals surface area contributed by atoms with Crippen molar-refractivity contribution in [3.05, 3.63) is 63.0 Å². The molecule has 2 N–H and O–H groups in total. The predicted octanol–water partition coefficient (Wildman–Crippen LogP) is 4.39. The number of halogens is 3. The van der Waals surface area contributed by atoms with Gasteiger partial charge in [-0.1, -0.05) is 12.1 Å². The summed E-state index contributed by atoms with van der Waals surface area (Å²) in [5.74, 6) is -4.51. The maximum atomic E-state index is 15.7. The minimum absolute atomic E-state index is 0.00845. The van der Waals surface area contributed by atoms with Crippen LogP contribution in [0.15, 0.2) is 46.0 Å². The molecule has 4 aliphatic rings. The van der Waals surface area contributed by atoms with Gasteiger partial charge < -0.3 is 15.2 Å². The van der Waals surface area contributed by atoms with Crippen LogP contribution in [0.1, 0.15) is 55.3 Å². The first-order valence-corrected chi connectivity index (χ1v) is 15.8. The van der Waals surface area contributed by atoms with Crippen molar-refractivity contribution in [3.8, 4) is 0 Å². The van der Waals surface area contributed by atoms with Gasteiger partial charge in [-0.15, -0.1) is 11.3 Å². The minimum atomic E-state index is -3.01. The highest BCUT2D eigenvalue weighted by molar-refractivity contribution is 7.11. The molecular formula is C31H36F3N5O4S. The van der Waals surface area contributed by atoms with Gasteiger partial charge in [-0.2, -0.15) is 0 Å². The summed E-state index contributed by atoms with van der Waals surface area (Å²) in [6.45, 7) is 5.53. The number of nitrogens with zero attached hydrogens (tertiary/aromatic N) is 4. The number of hydrogen-bond donors (Lipinski definition) is 2. The Kier molecular flexibility index (Phi) is 8.08. The van der Waals surface area contributed by atoms with Crippen molar-refractivity contribution in [1.29, 1.82) is 0 Å². The zero-order valence-corrected chi connectivity index (χ0v) is 25.7. The summed E-state index contributed by atoms with van der Waals surface area (Å²) in [5, 5.41) is 15.0. The lowest BCUT2D eigenvalue weighted by molar-refractivity contribution is -0.157. The average Bonchev–Trinajstić information content (AvgIpc) is 3.68. The number of benzene rings is 1. The van der Waals surface area contributed by atoms with Crippen molar-refractivity contribution in [2.24, 2.45) is 16.3 Å². The fraction of sp³-hybridized carbons (Fsp3) is 0.548. The largest absolute Gasteiger partial charge is 0.481 e. The third kappa shape index (κ3) is 5.43. The van der Waals surface area contributed by atoms with Gasteiger partial charge >= 0.3 is 11.9 Å². The molecule has 236 valence electrons. The van der Waals surface area contributed by atoms with Gasteiger partial charge in [-0.3, -0.25) is 19.6 Å². The summed E-state index contributed by atoms with van der Waals surface area (Å²) < 4.78 is 51.7. The fourth-order valence-corrected chi connectivity index (χ4v) is 8.03. The third-order valence-corrected chi connectivity index (χ3v) is 10.3. The number of amidine groups is 1. The quantitative estimate of drug-likeness (QED) is 0.393. The standard InChI is InChI=1S/C31H36F3N5O4S/c1-4-43-28(40)23-21(36-26(27-35-9-11-44-27)37-24(23)19-6-5-7-20(32)17(19)2)15-39-16-31(33,34)25-22(39)8-10-38(25)14-18-12-30(3,13-18)29(41)42/h5-7,9,11,18,22,24-25H,4,8,10,12-16H2,1-3H3,(H,36,37)(H,41,42)/t18?,22?,24-,25?,30?/m0/s1. The van der Waals surface area contributed by atoms with Crippen molar-refractivity contribution >= 4 is 29.1 Å². The van der Waals surface area contributed by atoms with Crippen molar-refractivity contribution < 1.29 is 32.6 Å². The van der Waals surface area contributed by atoms with Crippen LogP contribution in [0.3, 0.4) is 0 Å². The highest BCUT2D eigenvalue weighted by atomic mass is 32.1. The molecule has 3 fully saturated rings. The normalized spacial score (nSPS) is 30.0. The van der Waals surface area contributed by atoms with Crippen molar-refractivity contribution in [3.63, 3.8) is 0 Å². The van der Waals surface area contributed by atoms with Crippen LogP contribution in [0.25, 0.3) is 0 Å². The summed E-state index contributed by atoms with van der Waals surface area (Å²) in [5.41, 5.74) is 0.557. The number of rotatable bonds is 9. The molecule has 2 unspecified atom stereocenters. The molecule has 0 amide bonds. The van der Waals surface area contributed by atoms with E-state index < -0.39 is 53.8 Å². The second-order valence-electron chi connectivity index (χ2n) is 12.5. The van der Waals surface area contributed by atoms with E-state index in [2.05, 4.69) is 10.3 Å². The first kappa shape index (κ1) is 30.7. The Hall–Kier alpha value is -3.29. The SMILES string of the molecule is CCOC(=O)C1=C(CN2CC(F)(F)C3C2CCN3CC2CC(C)(C(=O)O)C2)NC(c2nccs2)=N[C@H]1c1cccc(F)c1C. The van der Waals surface area contributed by atoms with E-state index in [1.165, 1.54) is 17.4 Å². The predicted molar refractivity (Wildman–Crippen MR) is 158 cm³/mol. The molecule has 2 aromatic rings. The number of aromatic nitrogens is 1. The number of carboxylic acids is 1. The van der Waals surface area contributed by atoms with Gasteiger partial charge in [0.25, 0.3) is 5.92 Å². The van der Waals surface area contributed by atoms with Crippen LogP contribution in [0, 0.1) is 24.1 Å². The molecule has 2 saturated heterocycles. The Labute approximate surface area is 257 Å². The number of aliphatic imine (C=N–C) groups is 1. The Morgan fingerprint density at radius 2 is 2.02 bits per heavy atom. The number of carbonyl (C=O) groups is 2. The molecule has 1 saturated carbocycles. The number of carboxylic acid groups (broad SMARTS) is 1. The van der Waals surface area contributed by atoms with E-state index in [1.54, 1.807) is 49.4 Å². The summed E-state index contributed by atoms with van der Waals surface area (Å²) in [6, 6.07) is 2.19. The Morgan fingerprint density at radius 3 is 2.70 bits per heavy atom. The number of fused-ring (bicyclic) bond motifs is 1. The first-order valence-electron chi connectivity index (χ1n) is 14.9. The van der Waals surface area contributed by atoms with Crippen LogP contribution < -0.4 is 5.32 Å². The monoisotopic (exact) mass is 631 g/mol. The molecule has 9 nitrogen and oxygen atoms in total. The molecular weight excluding hydrogens is 595 g/mol. The van der Waals surface area contributed by atoms with E-state index in [9.17, 15) is 19.1 Å². The van der Waals surface area contributed by atoms with E-state index in [-0.39, 0.29) is 24.6 Å². The maximum absolute atomic E-state index is 15.7. The zero-order chi connectivity index (χ0) is 31.4. The summed E-state index contributed by atoms with van der Waals surface area (Å²) >= 11 is 1.33. The highest BCUT2D eigenvalue weighted by Crippen LogP contribution is 2.48. The minimum Gasteiger partial charge on any atom is -0.481 e. The lowest BCUT2D eigenvalue weighted by Gasteiger charge is -2.44. The molecule has 1 aromatic carbocycles. The number of aliphatic carboxylic acids is 1. The van der Waals surface area contributed by atoms with Crippen LogP contribution in [0.2, 0.25) is 0 Å². The van der Waals surface area contributed by atoms with E-state index >= 15 is 8.78 Å². The first-order chi connectivity index (χ1) is 20.9. The van der Waals surface area contributed by atoms with Crippen LogP contribution in [-0.4, -0.2) is 88.5 Å². The van der Waals surface area contributed by atoms with Gasteiger partial charge in [0.15, 0.2) is 10.8 Å². The molecule has 3 aliphatic heterocycles. The molecule has 1 aliphatic carbocycles. The lowest BCUT2D eigenvalue weighted by Crippen LogP contribution is -2.51. The second-order valence-corrected chi connectivity index (χ2v) is 13.4. The smallest absolute Gasteiger partial charge is 0.338 e. The molecule has 1 aromatic heterocycles. The van der Waals surface area contributed by atoms with E-state index in [0.29, 0.717) is 60.0 Å². The number of alkyl halides is 2. The van der Waals surface area contributed by atoms with E-state index in [4.69, 9.17) is 9.73 Å². The summed E-state index contributed by atoms with van der Waals surface area (Å²) in [7, 11) is 0. The maximum Gasteiger partial charge on any atom is 0.338 e. The van der Waals surface area contributed by atoms with Gasteiger partial charge in [-0.05, 0) is 63.1 Å². The molecule has 0 radical (unpaired) electrons. The molecule has 13 heteroatoms. The van der Waals surface area contributed by atoms with Crippen LogP contribution in [0.5, 0.6) is 0 Å². The van der Waals surface area contributed by atoms with E-state index in [0.717, 1.165) is 0 Å². The number of ether oxygens (including phenoxy) is 1. The molecule has 0 bridgehead atoms. The number of likely N-dealkylation sites (tertiary alicyclic amines) is 2. The number of thiazole rings is 1. The summed E-state index contributed by atoms with van der Waals surface area (Å²) in [6.07, 6.45) is 3.10. The number of carbonyl (C=O) groups excluding carboxylic acids is 1. The average molecular weight is 632 g/mol. The van der Waals surface area contributed by atoms with Crippen LogP contribution in [-0.2, 0) is 14.3 Å². The van der Waals surface area contributed by atoms with Gasteiger partial charge in [0.05, 0.1) is 30.2 Å². The fourth-order valence-electron chi connectivity index (χ4n) is 7.45. The molecule has 0 spiro atoms. The van der Waals surface area contributed by atoms with Crippen LogP contribution in [0.4, 0.5) is 13.2 Å². The summed E-state index contributed by atoms with van der Waals surface area (Å²) in [4.78, 5) is 37.8. The molecule has 3 atom stereocenters. The molecule has 6 rings (SSSR count). The Balaban J connectivity index is 1.32. The number of hydrogen-bond acceptors (Lipinski definition) is 9. The zero-order valence-electron chi connectivity index (χ0n) is 24.9. The number of esters is 1. The molecule has 44 heavy (non-hydrogen) atoms. The van der Waals surface area contributed by atoms with Gasteiger partial charge in [0.1, 0.15) is 11.9 Å².